The van der Waals surface area contributed by atoms with Crippen LogP contribution >= 0.6 is 7.60 Å². The van der Waals surface area contributed by atoms with Gasteiger partial charge in [-0.15, -0.1) is 0 Å². The molecule has 1 atom stereocenters. The summed E-state index contributed by atoms with van der Waals surface area (Å²) < 4.78 is 15.1. The second-order valence-corrected chi connectivity index (χ2v) is 4.94. The molecular formula is C7H16O3P-. The lowest BCUT2D eigenvalue weighted by molar-refractivity contribution is -0.196. The first-order valence-electron chi connectivity index (χ1n) is 3.85. The summed E-state index contributed by atoms with van der Waals surface area (Å²) in [4.78, 5) is 10.5. The number of hydrogen-bond donors (Lipinski definition) is 0. The minimum Gasteiger partial charge on any atom is -0.779 e. The molecule has 11 heavy (non-hydrogen) atoms. The quantitative estimate of drug-likeness (QED) is 0.476. The molecule has 0 aromatic heterocycles. The molecule has 0 heterocycles. The fourth-order valence-electron chi connectivity index (χ4n) is 0.722. The van der Waals surface area contributed by atoms with E-state index in [1.807, 2.05) is 0 Å². The SMILES string of the molecule is CC(C)CCCOP(C)(=O)[O-]. The Morgan fingerprint density at radius 3 is 2.45 bits per heavy atom. The van der Waals surface area contributed by atoms with Gasteiger partial charge in [-0.25, -0.2) is 0 Å². The standard InChI is InChI=1S/C7H17O3P/c1-7(2)5-4-6-10-11(3,8)9/h7H,4-6H2,1-3H3,(H,8,9)/p-1. The maximum atomic E-state index is 10.5. The zero-order chi connectivity index (χ0) is 8.91. The van der Waals surface area contributed by atoms with Gasteiger partial charge in [-0.1, -0.05) is 13.8 Å². The maximum Gasteiger partial charge on any atom is 0.131 e. The van der Waals surface area contributed by atoms with Crippen LogP contribution in [0.3, 0.4) is 0 Å². The van der Waals surface area contributed by atoms with E-state index in [1.54, 1.807) is 0 Å². The van der Waals surface area contributed by atoms with Gasteiger partial charge in [0.25, 0.3) is 0 Å². The molecule has 3 nitrogen and oxygen atoms in total. The van der Waals surface area contributed by atoms with E-state index in [1.165, 1.54) is 0 Å². The van der Waals surface area contributed by atoms with Crippen molar-refractivity contribution in [2.24, 2.45) is 5.92 Å². The molecule has 0 aliphatic heterocycles. The van der Waals surface area contributed by atoms with E-state index in [-0.39, 0.29) is 0 Å². The van der Waals surface area contributed by atoms with Gasteiger partial charge in [0.15, 0.2) is 0 Å². The molecule has 0 bridgehead atoms. The van der Waals surface area contributed by atoms with Crippen molar-refractivity contribution in [1.82, 2.24) is 0 Å². The van der Waals surface area contributed by atoms with E-state index >= 15 is 0 Å². The molecule has 0 saturated carbocycles. The first-order chi connectivity index (χ1) is 4.92. The van der Waals surface area contributed by atoms with E-state index in [0.717, 1.165) is 19.5 Å². The Hall–Kier alpha value is 0.150. The van der Waals surface area contributed by atoms with Crippen molar-refractivity contribution in [3.05, 3.63) is 0 Å². The summed E-state index contributed by atoms with van der Waals surface area (Å²) in [5.74, 6) is 0.612. The van der Waals surface area contributed by atoms with Crippen molar-refractivity contribution >= 4 is 7.60 Å². The smallest absolute Gasteiger partial charge is 0.131 e. The molecule has 0 saturated heterocycles. The van der Waals surface area contributed by atoms with Gasteiger partial charge >= 0.3 is 0 Å². The van der Waals surface area contributed by atoms with E-state index in [4.69, 9.17) is 0 Å². The van der Waals surface area contributed by atoms with Crippen molar-refractivity contribution in [1.29, 1.82) is 0 Å². The minimum absolute atomic E-state index is 0.329. The van der Waals surface area contributed by atoms with Crippen LogP contribution in [0, 0.1) is 5.92 Å². The molecule has 0 aliphatic rings. The van der Waals surface area contributed by atoms with Gasteiger partial charge in [-0.3, -0.25) is 0 Å². The Morgan fingerprint density at radius 2 is 2.09 bits per heavy atom. The molecule has 0 amide bonds. The predicted molar refractivity (Wildman–Crippen MR) is 43.6 cm³/mol. The lowest BCUT2D eigenvalue weighted by Gasteiger charge is -2.17. The Kier molecular flexibility index (Phi) is 4.98. The lowest BCUT2D eigenvalue weighted by Crippen LogP contribution is -2.04. The summed E-state index contributed by atoms with van der Waals surface area (Å²) in [6.45, 7) is 5.63. The third kappa shape index (κ3) is 10.2. The van der Waals surface area contributed by atoms with Gasteiger partial charge in [0.05, 0.1) is 6.61 Å². The Morgan fingerprint density at radius 1 is 1.55 bits per heavy atom. The molecule has 0 radical (unpaired) electrons. The minimum atomic E-state index is -3.48. The van der Waals surface area contributed by atoms with E-state index in [0.29, 0.717) is 12.5 Å². The molecule has 0 aliphatic carbocycles. The molecule has 0 fully saturated rings. The Labute approximate surface area is 68.3 Å². The first-order valence-corrected chi connectivity index (χ1v) is 5.84. The Balaban J connectivity index is 3.22. The molecule has 0 rings (SSSR count). The van der Waals surface area contributed by atoms with Crippen molar-refractivity contribution in [3.8, 4) is 0 Å². The van der Waals surface area contributed by atoms with E-state index in [2.05, 4.69) is 18.4 Å². The number of rotatable bonds is 5. The van der Waals surface area contributed by atoms with Crippen LogP contribution in [-0.2, 0) is 9.09 Å². The maximum absolute atomic E-state index is 10.5. The van der Waals surface area contributed by atoms with Gasteiger partial charge in [0, 0.05) is 6.66 Å². The van der Waals surface area contributed by atoms with Gasteiger partial charge in [-0.2, -0.15) is 0 Å². The fraction of sp³-hybridized carbons (Fsp3) is 1.00. The second-order valence-electron chi connectivity index (χ2n) is 3.14. The van der Waals surface area contributed by atoms with Gasteiger partial charge in [0.1, 0.15) is 7.60 Å². The highest BCUT2D eigenvalue weighted by Crippen LogP contribution is 2.31. The van der Waals surface area contributed by atoms with Gasteiger partial charge < -0.3 is 14.0 Å². The fourth-order valence-corrected chi connectivity index (χ4v) is 1.18. The van der Waals surface area contributed by atoms with Crippen LogP contribution in [0.4, 0.5) is 0 Å². The van der Waals surface area contributed by atoms with Crippen LogP contribution in [0.25, 0.3) is 0 Å². The molecule has 0 spiro atoms. The molecule has 0 N–H and O–H groups in total. The molecule has 68 valence electrons. The summed E-state index contributed by atoms with van der Waals surface area (Å²) in [5.41, 5.74) is 0. The van der Waals surface area contributed by atoms with Crippen molar-refractivity contribution in [2.45, 2.75) is 26.7 Å². The topological polar surface area (TPSA) is 49.4 Å². The van der Waals surface area contributed by atoms with Crippen LogP contribution in [0.2, 0.25) is 0 Å². The van der Waals surface area contributed by atoms with Crippen molar-refractivity contribution < 1.29 is 14.0 Å². The molecular weight excluding hydrogens is 163 g/mol. The van der Waals surface area contributed by atoms with E-state index in [9.17, 15) is 9.46 Å². The molecule has 0 aromatic carbocycles. The molecule has 4 heteroatoms. The summed E-state index contributed by atoms with van der Waals surface area (Å²) in [6.07, 6.45) is 1.83. The molecule has 1 unspecified atom stereocenters. The normalized spacial score (nSPS) is 16.8. The van der Waals surface area contributed by atoms with Crippen LogP contribution in [0.1, 0.15) is 26.7 Å². The van der Waals surface area contributed by atoms with Crippen molar-refractivity contribution in [3.63, 3.8) is 0 Å². The van der Waals surface area contributed by atoms with Gasteiger partial charge in [-0.05, 0) is 18.8 Å². The van der Waals surface area contributed by atoms with Crippen LogP contribution in [-0.4, -0.2) is 13.3 Å². The van der Waals surface area contributed by atoms with Crippen LogP contribution in [0.15, 0.2) is 0 Å². The first kappa shape index (κ1) is 11.2. The largest absolute Gasteiger partial charge is 0.779 e. The van der Waals surface area contributed by atoms with Crippen molar-refractivity contribution in [2.75, 3.05) is 13.3 Å². The third-order valence-corrected chi connectivity index (χ3v) is 1.90. The van der Waals surface area contributed by atoms with E-state index < -0.39 is 7.60 Å². The highest BCUT2D eigenvalue weighted by atomic mass is 31.2. The zero-order valence-corrected chi connectivity index (χ0v) is 8.27. The third-order valence-electron chi connectivity index (χ3n) is 1.25. The van der Waals surface area contributed by atoms with Gasteiger partial charge in [0.2, 0.25) is 0 Å². The average Bonchev–Trinajstić information content (AvgIpc) is 1.78. The van der Waals surface area contributed by atoms with Crippen LogP contribution in [0.5, 0.6) is 0 Å². The lowest BCUT2D eigenvalue weighted by atomic mass is 10.1. The summed E-state index contributed by atoms with van der Waals surface area (Å²) in [5, 5.41) is 0. The summed E-state index contributed by atoms with van der Waals surface area (Å²) in [7, 11) is -3.48. The summed E-state index contributed by atoms with van der Waals surface area (Å²) >= 11 is 0. The average molecular weight is 179 g/mol. The predicted octanol–water partition coefficient (Wildman–Crippen LogP) is 1.62. The Bertz CT molecular complexity index is 139. The zero-order valence-electron chi connectivity index (χ0n) is 7.37. The number of hydrogen-bond acceptors (Lipinski definition) is 3. The highest BCUT2D eigenvalue weighted by Gasteiger charge is 1.99. The summed E-state index contributed by atoms with van der Waals surface area (Å²) in [6, 6.07) is 0. The van der Waals surface area contributed by atoms with Crippen LogP contribution < -0.4 is 4.89 Å². The highest BCUT2D eigenvalue weighted by molar-refractivity contribution is 7.50. The monoisotopic (exact) mass is 179 g/mol. The second kappa shape index (κ2) is 4.91. The molecule has 0 aromatic rings.